The van der Waals surface area contributed by atoms with E-state index >= 15 is 0 Å². The molecule has 0 saturated carbocycles. The summed E-state index contributed by atoms with van der Waals surface area (Å²) in [6.07, 6.45) is 5.10. The zero-order valence-electron chi connectivity index (χ0n) is 10.8. The van der Waals surface area contributed by atoms with Gasteiger partial charge < -0.3 is 15.0 Å². The summed E-state index contributed by atoms with van der Waals surface area (Å²) < 4.78 is 5.72. The second-order valence-corrected chi connectivity index (χ2v) is 5.80. The van der Waals surface area contributed by atoms with E-state index in [0.29, 0.717) is 6.04 Å². The van der Waals surface area contributed by atoms with Crippen LogP contribution in [0.15, 0.2) is 0 Å². The molecule has 0 aromatic rings. The molecule has 0 amide bonds. The number of hydrogen-bond acceptors (Lipinski definition) is 3. The van der Waals surface area contributed by atoms with Gasteiger partial charge in [-0.25, -0.2) is 0 Å². The molecule has 0 aromatic heterocycles. The van der Waals surface area contributed by atoms with Crippen molar-refractivity contribution in [2.75, 3.05) is 32.8 Å². The van der Waals surface area contributed by atoms with Gasteiger partial charge in [-0.05, 0) is 52.6 Å². The molecule has 2 heterocycles. The summed E-state index contributed by atoms with van der Waals surface area (Å²) in [6.45, 7) is 10.3. The minimum atomic E-state index is 0.0730. The Morgan fingerprint density at radius 1 is 1.31 bits per heavy atom. The molecule has 3 heteroatoms. The van der Waals surface area contributed by atoms with Crippen LogP contribution in [0.3, 0.4) is 0 Å². The standard InChI is InChI=1S/C13H26N2O/c1-13(2)11-12(5-10-16-13)14-6-9-15-7-3-4-8-15/h12,14H,3-11H2,1-2H3. The number of likely N-dealkylation sites (tertiary alicyclic amines) is 1. The lowest BCUT2D eigenvalue weighted by atomic mass is 9.94. The smallest absolute Gasteiger partial charge is 0.0641 e. The third-order valence-corrected chi connectivity index (χ3v) is 3.76. The predicted molar refractivity (Wildman–Crippen MR) is 66.7 cm³/mol. The molecule has 94 valence electrons. The summed E-state index contributed by atoms with van der Waals surface area (Å²) >= 11 is 0. The Bertz CT molecular complexity index is 212. The van der Waals surface area contributed by atoms with Gasteiger partial charge in [-0.1, -0.05) is 0 Å². The van der Waals surface area contributed by atoms with Crippen LogP contribution in [0.25, 0.3) is 0 Å². The van der Waals surface area contributed by atoms with Gasteiger partial charge in [0.25, 0.3) is 0 Å². The Morgan fingerprint density at radius 3 is 2.75 bits per heavy atom. The van der Waals surface area contributed by atoms with E-state index in [1.807, 2.05) is 0 Å². The van der Waals surface area contributed by atoms with Crippen molar-refractivity contribution in [3.8, 4) is 0 Å². The van der Waals surface area contributed by atoms with Crippen LogP contribution in [0.1, 0.15) is 39.5 Å². The van der Waals surface area contributed by atoms with Gasteiger partial charge in [-0.3, -0.25) is 0 Å². The molecule has 1 unspecified atom stereocenters. The molecule has 1 N–H and O–H groups in total. The molecule has 2 aliphatic rings. The molecule has 0 aliphatic carbocycles. The first-order valence-corrected chi connectivity index (χ1v) is 6.75. The highest BCUT2D eigenvalue weighted by molar-refractivity contribution is 4.83. The topological polar surface area (TPSA) is 24.5 Å². The lowest BCUT2D eigenvalue weighted by Crippen LogP contribution is -2.45. The van der Waals surface area contributed by atoms with E-state index in [2.05, 4.69) is 24.1 Å². The Hall–Kier alpha value is -0.120. The summed E-state index contributed by atoms with van der Waals surface area (Å²) in [7, 11) is 0. The van der Waals surface area contributed by atoms with Gasteiger partial charge in [0.15, 0.2) is 0 Å². The zero-order valence-corrected chi connectivity index (χ0v) is 10.8. The maximum absolute atomic E-state index is 5.72. The van der Waals surface area contributed by atoms with Crippen LogP contribution in [-0.2, 0) is 4.74 Å². The van der Waals surface area contributed by atoms with Gasteiger partial charge in [-0.15, -0.1) is 0 Å². The van der Waals surface area contributed by atoms with Gasteiger partial charge in [0.1, 0.15) is 0 Å². The number of ether oxygens (including phenoxy) is 1. The van der Waals surface area contributed by atoms with Gasteiger partial charge >= 0.3 is 0 Å². The summed E-state index contributed by atoms with van der Waals surface area (Å²) in [5.74, 6) is 0. The van der Waals surface area contributed by atoms with Crippen LogP contribution in [-0.4, -0.2) is 49.3 Å². The predicted octanol–water partition coefficient (Wildman–Crippen LogP) is 1.63. The number of rotatable bonds is 4. The quantitative estimate of drug-likeness (QED) is 0.788. The van der Waals surface area contributed by atoms with Crippen molar-refractivity contribution in [1.82, 2.24) is 10.2 Å². The number of nitrogens with one attached hydrogen (secondary N) is 1. The maximum Gasteiger partial charge on any atom is 0.0641 e. The van der Waals surface area contributed by atoms with Crippen molar-refractivity contribution < 1.29 is 4.74 Å². The van der Waals surface area contributed by atoms with E-state index < -0.39 is 0 Å². The average Bonchev–Trinajstić information content (AvgIpc) is 2.69. The van der Waals surface area contributed by atoms with Gasteiger partial charge in [0.2, 0.25) is 0 Å². The van der Waals surface area contributed by atoms with Gasteiger partial charge in [-0.2, -0.15) is 0 Å². The molecule has 2 fully saturated rings. The van der Waals surface area contributed by atoms with Crippen molar-refractivity contribution in [3.05, 3.63) is 0 Å². The third kappa shape index (κ3) is 3.72. The lowest BCUT2D eigenvalue weighted by Gasteiger charge is -2.36. The number of nitrogens with zero attached hydrogens (tertiary/aromatic N) is 1. The van der Waals surface area contributed by atoms with Crippen LogP contribution in [0.5, 0.6) is 0 Å². The average molecular weight is 226 g/mol. The molecule has 0 radical (unpaired) electrons. The molecular weight excluding hydrogens is 200 g/mol. The van der Waals surface area contributed by atoms with Crippen LogP contribution in [0, 0.1) is 0 Å². The van der Waals surface area contributed by atoms with Crippen LogP contribution in [0.4, 0.5) is 0 Å². The first kappa shape index (κ1) is 12.3. The van der Waals surface area contributed by atoms with Crippen LogP contribution in [0.2, 0.25) is 0 Å². The Labute approximate surface area is 99.5 Å². The summed E-state index contributed by atoms with van der Waals surface area (Å²) in [6, 6.07) is 0.659. The largest absolute Gasteiger partial charge is 0.375 e. The van der Waals surface area contributed by atoms with E-state index in [1.165, 1.54) is 38.9 Å². The lowest BCUT2D eigenvalue weighted by molar-refractivity contribution is -0.0629. The van der Waals surface area contributed by atoms with Crippen molar-refractivity contribution in [2.45, 2.75) is 51.2 Å². The monoisotopic (exact) mass is 226 g/mol. The Balaban J connectivity index is 1.61. The molecule has 0 spiro atoms. The second kappa shape index (κ2) is 5.48. The molecule has 2 saturated heterocycles. The van der Waals surface area contributed by atoms with Crippen molar-refractivity contribution in [1.29, 1.82) is 0 Å². The Morgan fingerprint density at radius 2 is 2.06 bits per heavy atom. The van der Waals surface area contributed by atoms with E-state index in [-0.39, 0.29) is 5.60 Å². The molecule has 16 heavy (non-hydrogen) atoms. The molecular formula is C13H26N2O. The number of hydrogen-bond donors (Lipinski definition) is 1. The highest BCUT2D eigenvalue weighted by atomic mass is 16.5. The highest BCUT2D eigenvalue weighted by Gasteiger charge is 2.28. The van der Waals surface area contributed by atoms with Gasteiger partial charge in [0.05, 0.1) is 5.60 Å². The fourth-order valence-electron chi connectivity index (χ4n) is 2.84. The summed E-state index contributed by atoms with van der Waals surface area (Å²) in [5, 5.41) is 3.68. The van der Waals surface area contributed by atoms with Crippen LogP contribution < -0.4 is 5.32 Å². The van der Waals surface area contributed by atoms with E-state index in [4.69, 9.17) is 4.74 Å². The molecule has 0 aromatic carbocycles. The van der Waals surface area contributed by atoms with Gasteiger partial charge in [0, 0.05) is 25.7 Å². The molecule has 2 rings (SSSR count). The second-order valence-electron chi connectivity index (χ2n) is 5.80. The fourth-order valence-corrected chi connectivity index (χ4v) is 2.84. The normalized spacial score (nSPS) is 30.8. The zero-order chi connectivity index (χ0) is 11.4. The molecule has 2 aliphatic heterocycles. The Kier molecular flexibility index (Phi) is 4.22. The minimum absolute atomic E-state index is 0.0730. The summed E-state index contributed by atoms with van der Waals surface area (Å²) in [4.78, 5) is 2.57. The van der Waals surface area contributed by atoms with E-state index in [1.54, 1.807) is 0 Å². The van der Waals surface area contributed by atoms with Crippen LogP contribution >= 0.6 is 0 Å². The fraction of sp³-hybridized carbons (Fsp3) is 1.00. The maximum atomic E-state index is 5.72. The molecule has 1 atom stereocenters. The first-order valence-electron chi connectivity index (χ1n) is 6.75. The van der Waals surface area contributed by atoms with Crippen molar-refractivity contribution in [2.24, 2.45) is 0 Å². The van der Waals surface area contributed by atoms with E-state index in [0.717, 1.165) is 19.6 Å². The molecule has 3 nitrogen and oxygen atoms in total. The third-order valence-electron chi connectivity index (χ3n) is 3.76. The highest BCUT2D eigenvalue weighted by Crippen LogP contribution is 2.23. The minimum Gasteiger partial charge on any atom is -0.375 e. The first-order chi connectivity index (χ1) is 7.66. The van der Waals surface area contributed by atoms with Crippen molar-refractivity contribution >= 4 is 0 Å². The SMILES string of the molecule is CC1(C)CC(NCCN2CCCC2)CCO1. The molecule has 0 bridgehead atoms. The summed E-state index contributed by atoms with van der Waals surface area (Å²) in [5.41, 5.74) is 0.0730. The van der Waals surface area contributed by atoms with Crippen molar-refractivity contribution in [3.63, 3.8) is 0 Å². The van der Waals surface area contributed by atoms with E-state index in [9.17, 15) is 0 Å².